The van der Waals surface area contributed by atoms with Crippen molar-refractivity contribution in [2.75, 3.05) is 0 Å². The number of hydrogen-bond donors (Lipinski definition) is 0. The Labute approximate surface area is 148 Å². The van der Waals surface area contributed by atoms with Crippen LogP contribution in [0.5, 0.6) is 0 Å². The maximum Gasteiger partial charge on any atom is 0.166 e. The van der Waals surface area contributed by atoms with Crippen LogP contribution in [-0.2, 0) is 0 Å². The molecule has 3 heteroatoms. The van der Waals surface area contributed by atoms with Crippen LogP contribution < -0.4 is 0 Å². The van der Waals surface area contributed by atoms with Crippen LogP contribution in [0.2, 0.25) is 0 Å². The van der Waals surface area contributed by atoms with E-state index in [1.165, 1.54) is 18.9 Å². The molecule has 0 spiro atoms. The van der Waals surface area contributed by atoms with Gasteiger partial charge in [0.15, 0.2) is 11.6 Å². The summed E-state index contributed by atoms with van der Waals surface area (Å²) < 4.78 is 43.1. The summed E-state index contributed by atoms with van der Waals surface area (Å²) in [6.45, 7) is 3.84. The van der Waals surface area contributed by atoms with E-state index in [1.54, 1.807) is 31.2 Å². The Balaban J connectivity index is 1.85. The Bertz CT molecular complexity index is 743. The van der Waals surface area contributed by atoms with Gasteiger partial charge >= 0.3 is 0 Å². The summed E-state index contributed by atoms with van der Waals surface area (Å²) in [5.74, 6) is -1.22. The van der Waals surface area contributed by atoms with Gasteiger partial charge in [-0.15, -0.1) is 0 Å². The second-order valence-electron chi connectivity index (χ2n) is 7.30. The lowest BCUT2D eigenvalue weighted by molar-refractivity contribution is 0.303. The van der Waals surface area contributed by atoms with Gasteiger partial charge in [-0.05, 0) is 67.2 Å². The maximum atomic E-state index is 14.7. The molecule has 1 fully saturated rings. The van der Waals surface area contributed by atoms with E-state index >= 15 is 0 Å². The average molecular weight is 346 g/mol. The zero-order valence-corrected chi connectivity index (χ0v) is 14.9. The SMILES string of the molecule is CCCC1CCC(c2ccc(-c3ccc(C)c(F)c3)c(F)c2F)CC1. The third kappa shape index (κ3) is 3.75. The Morgan fingerprint density at radius 3 is 2.28 bits per heavy atom. The summed E-state index contributed by atoms with van der Waals surface area (Å²) in [5.41, 5.74) is 1.46. The molecule has 0 nitrogen and oxygen atoms in total. The minimum absolute atomic E-state index is 0.0893. The normalized spacial score (nSPS) is 20.7. The fourth-order valence-electron chi connectivity index (χ4n) is 4.03. The highest BCUT2D eigenvalue weighted by Gasteiger charge is 2.26. The molecule has 0 unspecified atom stereocenters. The lowest BCUT2D eigenvalue weighted by atomic mass is 9.77. The Morgan fingerprint density at radius 2 is 1.64 bits per heavy atom. The predicted octanol–water partition coefficient (Wildman–Crippen LogP) is 7.15. The Morgan fingerprint density at radius 1 is 0.920 bits per heavy atom. The van der Waals surface area contributed by atoms with Gasteiger partial charge in [0, 0.05) is 5.56 Å². The van der Waals surface area contributed by atoms with Crippen molar-refractivity contribution in [2.24, 2.45) is 5.92 Å². The topological polar surface area (TPSA) is 0 Å². The molecule has 134 valence electrons. The molecule has 0 radical (unpaired) electrons. The molecule has 0 aromatic heterocycles. The van der Waals surface area contributed by atoms with Crippen molar-refractivity contribution in [3.8, 4) is 11.1 Å². The second-order valence-corrected chi connectivity index (χ2v) is 7.30. The highest BCUT2D eigenvalue weighted by Crippen LogP contribution is 2.40. The van der Waals surface area contributed by atoms with Gasteiger partial charge < -0.3 is 0 Å². The van der Waals surface area contributed by atoms with Crippen molar-refractivity contribution in [1.82, 2.24) is 0 Å². The number of hydrogen-bond acceptors (Lipinski definition) is 0. The summed E-state index contributed by atoms with van der Waals surface area (Å²) in [5, 5.41) is 0. The van der Waals surface area contributed by atoms with Crippen LogP contribution in [-0.4, -0.2) is 0 Å². The predicted molar refractivity (Wildman–Crippen MR) is 96.1 cm³/mol. The van der Waals surface area contributed by atoms with Crippen LogP contribution >= 0.6 is 0 Å². The molecule has 0 atom stereocenters. The number of halogens is 3. The molecule has 0 N–H and O–H groups in total. The average Bonchev–Trinajstić information content (AvgIpc) is 2.61. The van der Waals surface area contributed by atoms with Crippen molar-refractivity contribution in [2.45, 2.75) is 58.3 Å². The number of aryl methyl sites for hydroxylation is 1. The van der Waals surface area contributed by atoms with Crippen molar-refractivity contribution >= 4 is 0 Å². The first-order valence-corrected chi connectivity index (χ1v) is 9.25. The van der Waals surface area contributed by atoms with Gasteiger partial charge in [-0.25, -0.2) is 13.2 Å². The van der Waals surface area contributed by atoms with Gasteiger partial charge in [-0.1, -0.05) is 44.0 Å². The van der Waals surface area contributed by atoms with Gasteiger partial charge in [-0.2, -0.15) is 0 Å². The van der Waals surface area contributed by atoms with E-state index in [0.29, 0.717) is 16.7 Å². The van der Waals surface area contributed by atoms with E-state index in [9.17, 15) is 13.2 Å². The van der Waals surface area contributed by atoms with Gasteiger partial charge in [-0.3, -0.25) is 0 Å². The maximum absolute atomic E-state index is 14.7. The van der Waals surface area contributed by atoms with Crippen LogP contribution in [0.3, 0.4) is 0 Å². The molecule has 3 rings (SSSR count). The van der Waals surface area contributed by atoms with Gasteiger partial charge in [0.05, 0.1) is 0 Å². The quantitative estimate of drug-likeness (QED) is 0.551. The highest BCUT2D eigenvalue weighted by molar-refractivity contribution is 5.65. The highest BCUT2D eigenvalue weighted by atomic mass is 19.2. The first-order valence-electron chi connectivity index (χ1n) is 9.25. The minimum atomic E-state index is -0.864. The largest absolute Gasteiger partial charge is 0.207 e. The first kappa shape index (κ1) is 18.0. The van der Waals surface area contributed by atoms with E-state index in [0.717, 1.165) is 31.6 Å². The van der Waals surface area contributed by atoms with Crippen LogP contribution in [0.4, 0.5) is 13.2 Å². The molecular weight excluding hydrogens is 321 g/mol. The minimum Gasteiger partial charge on any atom is -0.207 e. The summed E-state index contributed by atoms with van der Waals surface area (Å²) in [6.07, 6.45) is 6.41. The molecular formula is C22H25F3. The first-order chi connectivity index (χ1) is 12.0. The third-order valence-corrected chi connectivity index (χ3v) is 5.58. The second kappa shape index (κ2) is 7.63. The smallest absolute Gasteiger partial charge is 0.166 e. The van der Waals surface area contributed by atoms with E-state index in [4.69, 9.17) is 0 Å². The summed E-state index contributed by atoms with van der Waals surface area (Å²) in [6, 6.07) is 7.77. The molecule has 2 aromatic carbocycles. The summed E-state index contributed by atoms with van der Waals surface area (Å²) in [7, 11) is 0. The molecule has 25 heavy (non-hydrogen) atoms. The Hall–Kier alpha value is -1.77. The van der Waals surface area contributed by atoms with Gasteiger partial charge in [0.25, 0.3) is 0 Å². The third-order valence-electron chi connectivity index (χ3n) is 5.58. The summed E-state index contributed by atoms with van der Waals surface area (Å²) >= 11 is 0. The molecule has 1 aliphatic carbocycles. The van der Waals surface area contributed by atoms with Crippen LogP contribution in [0.1, 0.15) is 62.5 Å². The zero-order valence-electron chi connectivity index (χ0n) is 14.9. The van der Waals surface area contributed by atoms with Crippen LogP contribution in [0, 0.1) is 30.3 Å². The fraction of sp³-hybridized carbons (Fsp3) is 0.455. The molecule has 0 aliphatic heterocycles. The van der Waals surface area contributed by atoms with E-state index < -0.39 is 17.5 Å². The van der Waals surface area contributed by atoms with E-state index in [1.807, 2.05) is 0 Å². The van der Waals surface area contributed by atoms with E-state index in [-0.39, 0.29) is 11.5 Å². The van der Waals surface area contributed by atoms with Gasteiger partial charge in [0.2, 0.25) is 0 Å². The number of rotatable bonds is 4. The molecule has 2 aromatic rings. The lowest BCUT2D eigenvalue weighted by Crippen LogP contribution is -2.15. The number of benzene rings is 2. The van der Waals surface area contributed by atoms with Crippen LogP contribution in [0.25, 0.3) is 11.1 Å². The molecule has 0 heterocycles. The monoisotopic (exact) mass is 346 g/mol. The fourth-order valence-corrected chi connectivity index (χ4v) is 4.03. The van der Waals surface area contributed by atoms with E-state index in [2.05, 4.69) is 6.92 Å². The lowest BCUT2D eigenvalue weighted by Gasteiger charge is -2.29. The molecule has 1 saturated carbocycles. The standard InChI is InChI=1S/C22H25F3/c1-3-4-15-6-9-16(10-7-15)18-11-12-19(22(25)21(18)24)17-8-5-14(2)20(23)13-17/h5,8,11-13,15-16H,3-4,6-7,9-10H2,1-2H3. The molecule has 0 saturated heterocycles. The van der Waals surface area contributed by atoms with Gasteiger partial charge in [0.1, 0.15) is 5.82 Å². The van der Waals surface area contributed by atoms with Crippen molar-refractivity contribution in [3.05, 3.63) is 58.9 Å². The van der Waals surface area contributed by atoms with Crippen molar-refractivity contribution < 1.29 is 13.2 Å². The molecule has 0 bridgehead atoms. The molecule has 0 amide bonds. The van der Waals surface area contributed by atoms with Crippen LogP contribution in [0.15, 0.2) is 30.3 Å². The Kier molecular flexibility index (Phi) is 5.51. The zero-order chi connectivity index (χ0) is 18.0. The summed E-state index contributed by atoms with van der Waals surface area (Å²) in [4.78, 5) is 0. The molecule has 1 aliphatic rings. The van der Waals surface area contributed by atoms with Crippen molar-refractivity contribution in [1.29, 1.82) is 0 Å². The van der Waals surface area contributed by atoms with Crippen molar-refractivity contribution in [3.63, 3.8) is 0 Å².